The molecule has 2 heterocycles. The van der Waals surface area contributed by atoms with Crippen molar-refractivity contribution in [3.8, 4) is 0 Å². The lowest BCUT2D eigenvalue weighted by Crippen LogP contribution is -2.44. The molecule has 4 nitrogen and oxygen atoms in total. The van der Waals surface area contributed by atoms with Crippen molar-refractivity contribution in [1.82, 2.24) is 9.97 Å². The molecule has 0 radical (unpaired) electrons. The van der Waals surface area contributed by atoms with Crippen LogP contribution in [0.4, 0.5) is 10.2 Å². The van der Waals surface area contributed by atoms with E-state index in [0.29, 0.717) is 36.9 Å². The molecule has 6 heteroatoms. The first-order chi connectivity index (χ1) is 8.22. The molecule has 17 heavy (non-hydrogen) atoms. The van der Waals surface area contributed by atoms with Crippen LogP contribution in [-0.2, 0) is 0 Å². The standard InChI is InChI=1S/C11H15ClFN3O/c12-10-11(15-5-4-14-10)16-6-2-9(17)8(7-16)1-3-13/h4-5,8-9,17H,1-3,6-7H2/t8-,9+/m1/s1. The lowest BCUT2D eigenvalue weighted by atomic mass is 9.92. The Morgan fingerprint density at radius 2 is 2.24 bits per heavy atom. The molecule has 1 aliphatic rings. The minimum absolute atomic E-state index is 0.0631. The molecule has 0 spiro atoms. The van der Waals surface area contributed by atoms with Crippen LogP contribution in [0.1, 0.15) is 12.8 Å². The van der Waals surface area contributed by atoms with Gasteiger partial charge >= 0.3 is 0 Å². The number of piperidine rings is 1. The van der Waals surface area contributed by atoms with E-state index in [4.69, 9.17) is 11.6 Å². The van der Waals surface area contributed by atoms with Crippen LogP contribution >= 0.6 is 11.6 Å². The van der Waals surface area contributed by atoms with Crippen molar-refractivity contribution in [1.29, 1.82) is 0 Å². The summed E-state index contributed by atoms with van der Waals surface area (Å²) in [6.45, 7) is 0.829. The van der Waals surface area contributed by atoms with Gasteiger partial charge in [-0.05, 0) is 12.8 Å². The molecule has 1 saturated heterocycles. The third-order valence-corrected chi connectivity index (χ3v) is 3.38. The first-order valence-corrected chi connectivity index (χ1v) is 6.05. The van der Waals surface area contributed by atoms with E-state index in [-0.39, 0.29) is 5.92 Å². The van der Waals surface area contributed by atoms with Gasteiger partial charge in [-0.1, -0.05) is 11.6 Å². The molecule has 1 aromatic rings. The van der Waals surface area contributed by atoms with Crippen LogP contribution in [0, 0.1) is 5.92 Å². The Morgan fingerprint density at radius 1 is 1.47 bits per heavy atom. The summed E-state index contributed by atoms with van der Waals surface area (Å²) in [6, 6.07) is 0. The fourth-order valence-corrected chi connectivity index (χ4v) is 2.39. The zero-order valence-electron chi connectivity index (χ0n) is 9.39. The summed E-state index contributed by atoms with van der Waals surface area (Å²) >= 11 is 5.97. The second-order valence-electron chi connectivity index (χ2n) is 4.21. The Bertz CT molecular complexity index is 379. The van der Waals surface area contributed by atoms with Crippen LogP contribution in [0.3, 0.4) is 0 Å². The highest BCUT2D eigenvalue weighted by Crippen LogP contribution is 2.27. The van der Waals surface area contributed by atoms with Crippen molar-refractivity contribution in [2.45, 2.75) is 18.9 Å². The smallest absolute Gasteiger partial charge is 0.171 e. The Kier molecular flexibility index (Phi) is 4.12. The number of hydrogen-bond acceptors (Lipinski definition) is 4. The Balaban J connectivity index is 2.10. The Labute approximate surface area is 104 Å². The summed E-state index contributed by atoms with van der Waals surface area (Å²) in [5.74, 6) is 0.553. The van der Waals surface area contributed by atoms with Crippen molar-refractivity contribution in [3.05, 3.63) is 17.5 Å². The Morgan fingerprint density at radius 3 is 2.94 bits per heavy atom. The van der Waals surface area contributed by atoms with Gasteiger partial charge in [0.1, 0.15) is 0 Å². The molecular weight excluding hydrogens is 245 g/mol. The van der Waals surface area contributed by atoms with Crippen molar-refractivity contribution >= 4 is 17.4 Å². The van der Waals surface area contributed by atoms with Crippen molar-refractivity contribution in [2.24, 2.45) is 5.92 Å². The number of aliphatic hydroxyl groups excluding tert-OH is 1. The first kappa shape index (κ1) is 12.5. The quantitative estimate of drug-likeness (QED) is 0.897. The normalized spacial score (nSPS) is 25.0. The van der Waals surface area contributed by atoms with Gasteiger partial charge in [0, 0.05) is 31.4 Å². The third-order valence-electron chi connectivity index (χ3n) is 3.11. The second kappa shape index (κ2) is 5.60. The summed E-state index contributed by atoms with van der Waals surface area (Å²) in [5.41, 5.74) is 0. The highest BCUT2D eigenvalue weighted by atomic mass is 35.5. The molecule has 0 saturated carbocycles. The molecule has 2 rings (SSSR count). The van der Waals surface area contributed by atoms with E-state index in [9.17, 15) is 9.50 Å². The van der Waals surface area contributed by atoms with E-state index in [2.05, 4.69) is 9.97 Å². The van der Waals surface area contributed by atoms with Crippen molar-refractivity contribution < 1.29 is 9.50 Å². The molecule has 0 aliphatic carbocycles. The van der Waals surface area contributed by atoms with Crippen LogP contribution in [-0.4, -0.2) is 40.9 Å². The van der Waals surface area contributed by atoms with E-state index in [1.807, 2.05) is 4.90 Å². The van der Waals surface area contributed by atoms with Gasteiger partial charge in [-0.15, -0.1) is 0 Å². The number of hydrogen-bond donors (Lipinski definition) is 1. The number of halogens is 2. The van der Waals surface area contributed by atoms with Gasteiger partial charge in [-0.2, -0.15) is 0 Å². The summed E-state index contributed by atoms with van der Waals surface area (Å²) in [4.78, 5) is 10.1. The summed E-state index contributed by atoms with van der Waals surface area (Å²) in [5, 5.41) is 10.1. The van der Waals surface area contributed by atoms with Crippen molar-refractivity contribution in [3.63, 3.8) is 0 Å². The summed E-state index contributed by atoms with van der Waals surface area (Å²) in [6.07, 6.45) is 3.66. The van der Waals surface area contributed by atoms with Crippen LogP contribution in [0.25, 0.3) is 0 Å². The molecule has 0 amide bonds. The van der Waals surface area contributed by atoms with E-state index in [1.54, 1.807) is 6.20 Å². The number of aliphatic hydroxyl groups is 1. The minimum atomic E-state index is -0.433. The number of aromatic nitrogens is 2. The third kappa shape index (κ3) is 2.84. The first-order valence-electron chi connectivity index (χ1n) is 5.68. The maximum atomic E-state index is 12.4. The van der Waals surface area contributed by atoms with E-state index in [0.717, 1.165) is 0 Å². The average molecular weight is 260 g/mol. The van der Waals surface area contributed by atoms with Gasteiger partial charge in [-0.3, -0.25) is 4.39 Å². The molecule has 1 aromatic heterocycles. The molecule has 0 unspecified atom stereocenters. The Hall–Kier alpha value is -0.940. The summed E-state index contributed by atoms with van der Waals surface area (Å²) < 4.78 is 12.4. The molecule has 1 aliphatic heterocycles. The van der Waals surface area contributed by atoms with Crippen LogP contribution in [0.5, 0.6) is 0 Å². The van der Waals surface area contributed by atoms with Gasteiger partial charge in [0.25, 0.3) is 0 Å². The lowest BCUT2D eigenvalue weighted by Gasteiger charge is -2.36. The number of anilines is 1. The molecule has 1 N–H and O–H groups in total. The second-order valence-corrected chi connectivity index (χ2v) is 4.57. The van der Waals surface area contributed by atoms with Crippen LogP contribution in [0.2, 0.25) is 5.15 Å². The van der Waals surface area contributed by atoms with Crippen molar-refractivity contribution in [2.75, 3.05) is 24.7 Å². The largest absolute Gasteiger partial charge is 0.393 e. The van der Waals surface area contributed by atoms with Crippen LogP contribution in [0.15, 0.2) is 12.4 Å². The lowest BCUT2D eigenvalue weighted by molar-refractivity contribution is 0.0792. The highest BCUT2D eigenvalue weighted by molar-refractivity contribution is 6.31. The van der Waals surface area contributed by atoms with E-state index >= 15 is 0 Å². The summed E-state index contributed by atoms with van der Waals surface area (Å²) in [7, 11) is 0. The maximum absolute atomic E-state index is 12.4. The molecule has 0 aromatic carbocycles. The predicted molar refractivity (Wildman–Crippen MR) is 64.0 cm³/mol. The predicted octanol–water partition coefficient (Wildman–Crippen LogP) is 1.68. The average Bonchev–Trinajstić information content (AvgIpc) is 2.33. The topological polar surface area (TPSA) is 49.2 Å². The van der Waals surface area contributed by atoms with E-state index in [1.165, 1.54) is 6.20 Å². The van der Waals surface area contributed by atoms with Gasteiger partial charge in [0.15, 0.2) is 11.0 Å². The maximum Gasteiger partial charge on any atom is 0.171 e. The number of alkyl halides is 1. The van der Waals surface area contributed by atoms with Gasteiger partial charge in [-0.25, -0.2) is 9.97 Å². The van der Waals surface area contributed by atoms with Gasteiger partial charge in [0.2, 0.25) is 0 Å². The van der Waals surface area contributed by atoms with Gasteiger partial charge in [0.05, 0.1) is 12.8 Å². The zero-order chi connectivity index (χ0) is 12.3. The molecular formula is C11H15ClFN3O. The molecule has 1 fully saturated rings. The SMILES string of the molecule is O[C@H]1CCN(c2nccnc2Cl)C[C@H]1CCF. The number of nitrogens with zero attached hydrogens (tertiary/aromatic N) is 3. The van der Waals surface area contributed by atoms with E-state index < -0.39 is 12.8 Å². The fraction of sp³-hybridized carbons (Fsp3) is 0.636. The van der Waals surface area contributed by atoms with Crippen LogP contribution < -0.4 is 4.90 Å². The molecule has 0 bridgehead atoms. The highest BCUT2D eigenvalue weighted by Gasteiger charge is 2.29. The minimum Gasteiger partial charge on any atom is -0.393 e. The molecule has 2 atom stereocenters. The number of rotatable bonds is 3. The molecule has 94 valence electrons. The monoisotopic (exact) mass is 259 g/mol. The zero-order valence-corrected chi connectivity index (χ0v) is 10.1. The van der Waals surface area contributed by atoms with Gasteiger partial charge < -0.3 is 10.0 Å². The fourth-order valence-electron chi connectivity index (χ4n) is 2.16.